The number of alkyl halides is 3. The largest absolute Gasteiger partial charge is 0.417 e. The summed E-state index contributed by atoms with van der Waals surface area (Å²) in [6.45, 7) is 3.05. The molecule has 0 radical (unpaired) electrons. The smallest absolute Gasteiger partial charge is 0.324 e. The molecule has 1 N–H and O–H groups in total. The van der Waals surface area contributed by atoms with Gasteiger partial charge in [-0.25, -0.2) is 9.67 Å². The predicted molar refractivity (Wildman–Crippen MR) is 104 cm³/mol. The molecule has 0 bridgehead atoms. The summed E-state index contributed by atoms with van der Waals surface area (Å²) < 4.78 is 42.2. The van der Waals surface area contributed by atoms with Gasteiger partial charge in [0, 0.05) is 22.3 Å². The van der Waals surface area contributed by atoms with Crippen molar-refractivity contribution in [3.8, 4) is 0 Å². The van der Waals surface area contributed by atoms with Crippen LogP contribution in [0.25, 0.3) is 11.0 Å². The fourth-order valence-corrected chi connectivity index (χ4v) is 3.52. The Kier molecular flexibility index (Phi) is 4.77. The van der Waals surface area contributed by atoms with Gasteiger partial charge < -0.3 is 5.32 Å². The van der Waals surface area contributed by atoms with E-state index in [2.05, 4.69) is 15.4 Å². The van der Waals surface area contributed by atoms with Crippen molar-refractivity contribution in [2.45, 2.75) is 45.3 Å². The molecule has 0 aliphatic heterocycles. The molecule has 0 atom stereocenters. The van der Waals surface area contributed by atoms with Gasteiger partial charge in [0.25, 0.3) is 0 Å². The molecular weight excluding hydrogens is 405 g/mol. The van der Waals surface area contributed by atoms with E-state index in [-0.39, 0.29) is 29.2 Å². The van der Waals surface area contributed by atoms with Gasteiger partial charge in [0.15, 0.2) is 5.65 Å². The van der Waals surface area contributed by atoms with Crippen LogP contribution in [0.15, 0.2) is 24.3 Å². The van der Waals surface area contributed by atoms with Gasteiger partial charge in [-0.15, -0.1) is 0 Å². The average molecular weight is 423 g/mol. The molecule has 1 aliphatic rings. The van der Waals surface area contributed by atoms with Crippen LogP contribution in [0.1, 0.15) is 41.3 Å². The van der Waals surface area contributed by atoms with Crippen LogP contribution in [0.3, 0.4) is 0 Å². The van der Waals surface area contributed by atoms with E-state index in [4.69, 9.17) is 11.6 Å². The SMILES string of the molecule is Cc1ccc(Cl)cc1NC(=O)Cn1nc(C)c2c(C(F)(F)F)cc(C3CC3)nc21. The van der Waals surface area contributed by atoms with Crippen molar-refractivity contribution >= 4 is 34.2 Å². The number of halogens is 4. The number of carbonyl (C=O) groups excluding carboxylic acids is 1. The summed E-state index contributed by atoms with van der Waals surface area (Å²) in [5.74, 6) is -0.390. The maximum absolute atomic E-state index is 13.6. The molecule has 152 valence electrons. The summed E-state index contributed by atoms with van der Waals surface area (Å²) in [6, 6.07) is 6.21. The number of aryl methyl sites for hydroxylation is 2. The summed E-state index contributed by atoms with van der Waals surface area (Å²) in [6.07, 6.45) is -2.89. The molecule has 0 unspecified atom stereocenters. The van der Waals surface area contributed by atoms with Gasteiger partial charge in [-0.2, -0.15) is 18.3 Å². The number of hydrogen-bond acceptors (Lipinski definition) is 3. The minimum atomic E-state index is -4.52. The number of benzene rings is 1. The molecule has 0 spiro atoms. The Hall–Kier alpha value is -2.61. The Labute approximate surface area is 169 Å². The molecule has 9 heteroatoms. The molecular formula is C20H18ClF3N4O. The van der Waals surface area contributed by atoms with E-state index in [1.54, 1.807) is 18.2 Å². The number of nitrogens with one attached hydrogen (secondary N) is 1. The molecule has 3 aromatic rings. The third-order valence-electron chi connectivity index (χ3n) is 4.97. The van der Waals surface area contributed by atoms with E-state index in [0.717, 1.165) is 24.5 Å². The lowest BCUT2D eigenvalue weighted by atomic mass is 10.1. The Morgan fingerprint density at radius 3 is 2.66 bits per heavy atom. The number of aromatic nitrogens is 3. The van der Waals surface area contributed by atoms with Gasteiger partial charge in [0.05, 0.1) is 16.6 Å². The summed E-state index contributed by atoms with van der Waals surface area (Å²) in [7, 11) is 0. The van der Waals surface area contributed by atoms with E-state index < -0.39 is 17.6 Å². The van der Waals surface area contributed by atoms with Crippen molar-refractivity contribution in [2.24, 2.45) is 0 Å². The molecule has 0 saturated heterocycles. The summed E-state index contributed by atoms with van der Waals surface area (Å²) in [4.78, 5) is 17.0. The first-order valence-corrected chi connectivity index (χ1v) is 9.52. The molecule has 1 fully saturated rings. The number of nitrogens with zero attached hydrogens (tertiary/aromatic N) is 3. The number of carbonyl (C=O) groups is 1. The van der Waals surface area contributed by atoms with Gasteiger partial charge >= 0.3 is 6.18 Å². The van der Waals surface area contributed by atoms with Crippen LogP contribution in [0.5, 0.6) is 0 Å². The highest BCUT2D eigenvalue weighted by Gasteiger charge is 2.37. The van der Waals surface area contributed by atoms with Crippen LogP contribution < -0.4 is 5.32 Å². The highest BCUT2D eigenvalue weighted by atomic mass is 35.5. The van der Waals surface area contributed by atoms with E-state index >= 15 is 0 Å². The first-order valence-electron chi connectivity index (χ1n) is 9.14. The number of hydrogen-bond donors (Lipinski definition) is 1. The third kappa shape index (κ3) is 3.94. The summed E-state index contributed by atoms with van der Waals surface area (Å²) >= 11 is 5.97. The molecule has 29 heavy (non-hydrogen) atoms. The van der Waals surface area contributed by atoms with Crippen LogP contribution >= 0.6 is 11.6 Å². The van der Waals surface area contributed by atoms with Gasteiger partial charge in [-0.1, -0.05) is 17.7 Å². The Morgan fingerprint density at radius 2 is 2.00 bits per heavy atom. The van der Waals surface area contributed by atoms with Crippen molar-refractivity contribution in [2.75, 3.05) is 5.32 Å². The summed E-state index contributed by atoms with van der Waals surface area (Å²) in [5, 5.41) is 7.32. The maximum atomic E-state index is 13.6. The highest BCUT2D eigenvalue weighted by Crippen LogP contribution is 2.43. The van der Waals surface area contributed by atoms with Crippen LogP contribution in [0.2, 0.25) is 5.02 Å². The maximum Gasteiger partial charge on any atom is 0.417 e. The molecule has 4 rings (SSSR count). The van der Waals surface area contributed by atoms with Crippen molar-refractivity contribution in [1.29, 1.82) is 0 Å². The van der Waals surface area contributed by atoms with Crippen LogP contribution in [-0.4, -0.2) is 20.7 Å². The quantitative estimate of drug-likeness (QED) is 0.625. The first kappa shape index (κ1) is 19.7. The topological polar surface area (TPSA) is 59.8 Å². The van der Waals surface area contributed by atoms with E-state index in [9.17, 15) is 18.0 Å². The van der Waals surface area contributed by atoms with E-state index in [1.807, 2.05) is 6.92 Å². The zero-order valence-electron chi connectivity index (χ0n) is 15.8. The second-order valence-electron chi connectivity index (χ2n) is 7.32. The standard InChI is InChI=1S/C20H18ClF3N4O/c1-10-3-6-13(21)7-15(10)25-17(29)9-28-19-18(11(2)27-28)14(20(22,23)24)8-16(26-19)12-4-5-12/h3,6-8,12H,4-5,9H2,1-2H3,(H,25,29). The lowest BCUT2D eigenvalue weighted by molar-refractivity contribution is -0.136. The molecule has 1 aliphatic carbocycles. The minimum absolute atomic E-state index is 0.0343. The summed E-state index contributed by atoms with van der Waals surface area (Å²) in [5.41, 5.74) is 1.28. The first-order chi connectivity index (χ1) is 13.6. The van der Waals surface area contributed by atoms with E-state index in [1.165, 1.54) is 11.6 Å². The monoisotopic (exact) mass is 422 g/mol. The normalized spacial score (nSPS) is 14.4. The fraction of sp³-hybridized carbons (Fsp3) is 0.350. The number of amides is 1. The molecule has 1 saturated carbocycles. The van der Waals surface area contributed by atoms with Crippen molar-refractivity contribution in [3.05, 3.63) is 51.8 Å². The second-order valence-corrected chi connectivity index (χ2v) is 7.75. The third-order valence-corrected chi connectivity index (χ3v) is 5.20. The Bertz CT molecular complexity index is 1120. The average Bonchev–Trinajstić information content (AvgIpc) is 3.43. The fourth-order valence-electron chi connectivity index (χ4n) is 3.35. The van der Waals surface area contributed by atoms with E-state index in [0.29, 0.717) is 16.4 Å². The lowest BCUT2D eigenvalue weighted by Crippen LogP contribution is -2.20. The Balaban J connectivity index is 1.71. The zero-order chi connectivity index (χ0) is 20.9. The predicted octanol–water partition coefficient (Wildman–Crippen LogP) is 5.24. The van der Waals surface area contributed by atoms with Crippen molar-refractivity contribution < 1.29 is 18.0 Å². The number of fused-ring (bicyclic) bond motifs is 1. The highest BCUT2D eigenvalue weighted by molar-refractivity contribution is 6.31. The molecule has 2 heterocycles. The Morgan fingerprint density at radius 1 is 1.28 bits per heavy atom. The van der Waals surface area contributed by atoms with Crippen LogP contribution in [-0.2, 0) is 17.5 Å². The van der Waals surface area contributed by atoms with Gasteiger partial charge in [-0.3, -0.25) is 4.79 Å². The minimum Gasteiger partial charge on any atom is -0.324 e. The van der Waals surface area contributed by atoms with Gasteiger partial charge in [0.2, 0.25) is 5.91 Å². The number of rotatable bonds is 4. The number of pyridine rings is 1. The molecule has 1 amide bonds. The molecule has 1 aromatic carbocycles. The van der Waals surface area contributed by atoms with Gasteiger partial charge in [-0.05, 0) is 50.5 Å². The zero-order valence-corrected chi connectivity index (χ0v) is 16.5. The second kappa shape index (κ2) is 7.02. The number of anilines is 1. The molecule has 2 aromatic heterocycles. The van der Waals surface area contributed by atoms with Crippen LogP contribution in [0.4, 0.5) is 18.9 Å². The lowest BCUT2D eigenvalue weighted by Gasteiger charge is -2.12. The van der Waals surface area contributed by atoms with Crippen LogP contribution in [0, 0.1) is 13.8 Å². The van der Waals surface area contributed by atoms with Crippen molar-refractivity contribution in [1.82, 2.24) is 14.8 Å². The van der Waals surface area contributed by atoms with Crippen molar-refractivity contribution in [3.63, 3.8) is 0 Å². The van der Waals surface area contributed by atoms with Gasteiger partial charge in [0.1, 0.15) is 6.54 Å². The molecule has 5 nitrogen and oxygen atoms in total.